The average molecular weight is 475 g/mol. The van der Waals surface area contributed by atoms with Gasteiger partial charge in [-0.2, -0.15) is 0 Å². The second-order valence-electron chi connectivity index (χ2n) is 7.86. The Morgan fingerprint density at radius 1 is 1.03 bits per heavy atom. The van der Waals surface area contributed by atoms with Gasteiger partial charge in [0, 0.05) is 30.7 Å². The monoisotopic (exact) mass is 474 g/mol. The summed E-state index contributed by atoms with van der Waals surface area (Å²) in [6, 6.07) is 7.77. The molecule has 1 saturated heterocycles. The maximum atomic E-state index is 11.6. The summed E-state index contributed by atoms with van der Waals surface area (Å²) in [6.07, 6.45) is 3.50. The smallest absolute Gasteiger partial charge is 0.228 e. The maximum absolute atomic E-state index is 11.6. The third-order valence-electron chi connectivity index (χ3n) is 5.37. The van der Waals surface area contributed by atoms with E-state index in [9.17, 15) is 8.42 Å². The van der Waals surface area contributed by atoms with Gasteiger partial charge in [0.2, 0.25) is 5.95 Å². The van der Waals surface area contributed by atoms with Crippen molar-refractivity contribution in [2.24, 2.45) is 0 Å². The topological polar surface area (TPSA) is 119 Å². The fraction of sp³-hybridized carbons (Fsp3) is 0.350. The number of hydrogen-bond acceptors (Lipinski definition) is 9. The van der Waals surface area contributed by atoms with Crippen molar-refractivity contribution in [3.8, 4) is 0 Å². The zero-order valence-corrected chi connectivity index (χ0v) is 19.3. The fourth-order valence-electron chi connectivity index (χ4n) is 3.67. The van der Waals surface area contributed by atoms with Gasteiger partial charge in [0.1, 0.15) is 22.4 Å². The van der Waals surface area contributed by atoms with Gasteiger partial charge in [0.05, 0.1) is 23.4 Å². The lowest BCUT2D eigenvalue weighted by atomic mass is 10.2. The van der Waals surface area contributed by atoms with Crippen LogP contribution in [0.2, 0.25) is 0 Å². The Morgan fingerprint density at radius 2 is 1.81 bits per heavy atom. The van der Waals surface area contributed by atoms with E-state index in [1.54, 1.807) is 12.4 Å². The van der Waals surface area contributed by atoms with E-state index in [-0.39, 0.29) is 30.0 Å². The summed E-state index contributed by atoms with van der Waals surface area (Å²) in [5.41, 5.74) is 3.34. The Balaban J connectivity index is 0.00000245. The molecule has 0 atom stereocenters. The molecule has 1 fully saturated rings. The highest BCUT2D eigenvalue weighted by Crippen LogP contribution is 2.26. The number of aromatic nitrogens is 6. The van der Waals surface area contributed by atoms with E-state index >= 15 is 0 Å². The highest BCUT2D eigenvalue weighted by atomic mass is 35.5. The molecule has 1 aromatic carbocycles. The summed E-state index contributed by atoms with van der Waals surface area (Å²) >= 11 is 0. The Labute approximate surface area is 191 Å². The third-order valence-corrected chi connectivity index (χ3v) is 6.98. The molecule has 1 N–H and O–H groups in total. The van der Waals surface area contributed by atoms with Crippen LogP contribution in [0.5, 0.6) is 0 Å². The predicted octanol–water partition coefficient (Wildman–Crippen LogP) is 2.75. The van der Waals surface area contributed by atoms with Gasteiger partial charge >= 0.3 is 0 Å². The minimum atomic E-state index is -2.91. The predicted molar refractivity (Wildman–Crippen MR) is 127 cm³/mol. The van der Waals surface area contributed by atoms with Crippen molar-refractivity contribution in [1.82, 2.24) is 29.9 Å². The fourth-order valence-corrected chi connectivity index (χ4v) is 4.87. The zero-order chi connectivity index (χ0) is 21.6. The first-order valence-electron chi connectivity index (χ1n) is 10.1. The number of sulfone groups is 1. The van der Waals surface area contributed by atoms with Crippen LogP contribution in [0.3, 0.4) is 0 Å². The first-order chi connectivity index (χ1) is 14.9. The van der Waals surface area contributed by atoms with Crippen LogP contribution in [0.1, 0.15) is 19.9 Å². The molecule has 0 unspecified atom stereocenters. The van der Waals surface area contributed by atoms with E-state index in [2.05, 4.69) is 39.4 Å². The van der Waals surface area contributed by atoms with Crippen molar-refractivity contribution in [3.63, 3.8) is 0 Å². The highest BCUT2D eigenvalue weighted by Gasteiger charge is 2.22. The Hall–Kier alpha value is -3.05. The second kappa shape index (κ2) is 8.47. The lowest BCUT2D eigenvalue weighted by Crippen LogP contribution is -2.40. The number of pyridine rings is 1. The number of halogens is 1. The van der Waals surface area contributed by atoms with Crippen LogP contribution in [-0.4, -0.2) is 63.0 Å². The van der Waals surface area contributed by atoms with Crippen LogP contribution >= 0.6 is 12.4 Å². The highest BCUT2D eigenvalue weighted by molar-refractivity contribution is 7.91. The van der Waals surface area contributed by atoms with Gasteiger partial charge in [-0.05, 0) is 38.1 Å². The number of fused-ring (bicyclic) bond motifs is 3. The van der Waals surface area contributed by atoms with E-state index in [4.69, 9.17) is 4.98 Å². The van der Waals surface area contributed by atoms with E-state index in [1.807, 2.05) is 33.8 Å². The number of anilines is 3. The van der Waals surface area contributed by atoms with E-state index in [0.717, 1.165) is 27.6 Å². The Bertz CT molecular complexity index is 1360. The molecule has 10 nitrogen and oxygen atoms in total. The molecule has 1 aliphatic rings. The van der Waals surface area contributed by atoms with Crippen LogP contribution in [-0.2, 0) is 9.84 Å². The molecular formula is C20H23ClN8O2S. The Morgan fingerprint density at radius 3 is 2.50 bits per heavy atom. The average Bonchev–Trinajstić information content (AvgIpc) is 3.20. The number of hydrogen-bond donors (Lipinski definition) is 1. The summed E-state index contributed by atoms with van der Waals surface area (Å²) in [5, 5.41) is 12.6. The van der Waals surface area contributed by atoms with Crippen LogP contribution in [0.15, 0.2) is 36.7 Å². The molecule has 4 heterocycles. The second-order valence-corrected chi connectivity index (χ2v) is 10.2. The standard InChI is InChI=1S/C20H22N8O2S.ClH/c1-13(2)28-19-16(25-26-28)5-3-14-11-22-20(24-18(14)19)23-17-6-4-15(12-21-17)27-7-9-31(29,30)10-8-27;/h3-6,11-13H,7-10H2,1-2H3,(H,21,22,23,24);1H. The van der Waals surface area contributed by atoms with Crippen LogP contribution in [0.4, 0.5) is 17.5 Å². The van der Waals surface area contributed by atoms with Gasteiger partial charge in [0.25, 0.3) is 0 Å². The zero-order valence-electron chi connectivity index (χ0n) is 17.6. The van der Waals surface area contributed by atoms with Crippen molar-refractivity contribution in [3.05, 3.63) is 36.7 Å². The largest absolute Gasteiger partial charge is 0.368 e. The molecule has 3 aromatic heterocycles. The molecule has 0 saturated carbocycles. The number of benzene rings is 1. The number of nitrogens with one attached hydrogen (secondary N) is 1. The van der Waals surface area contributed by atoms with Crippen molar-refractivity contribution in [2.75, 3.05) is 34.8 Å². The van der Waals surface area contributed by atoms with Crippen molar-refractivity contribution in [2.45, 2.75) is 19.9 Å². The molecule has 32 heavy (non-hydrogen) atoms. The summed E-state index contributed by atoms with van der Waals surface area (Å²) < 4.78 is 25.1. The molecule has 0 aliphatic carbocycles. The number of nitrogens with zero attached hydrogens (tertiary/aromatic N) is 7. The van der Waals surface area contributed by atoms with Gasteiger partial charge in [-0.3, -0.25) is 0 Å². The lowest BCUT2D eigenvalue weighted by Gasteiger charge is -2.28. The van der Waals surface area contributed by atoms with Crippen LogP contribution < -0.4 is 10.2 Å². The molecule has 168 valence electrons. The lowest BCUT2D eigenvalue weighted by molar-refractivity contribution is 0.531. The van der Waals surface area contributed by atoms with Gasteiger partial charge in [0.15, 0.2) is 9.84 Å². The van der Waals surface area contributed by atoms with Crippen molar-refractivity contribution in [1.29, 1.82) is 0 Å². The summed E-state index contributed by atoms with van der Waals surface area (Å²) in [4.78, 5) is 15.6. The Kier molecular flexibility index (Phi) is 5.87. The minimum Gasteiger partial charge on any atom is -0.368 e. The van der Waals surface area contributed by atoms with Crippen molar-refractivity contribution >= 4 is 61.6 Å². The van der Waals surface area contributed by atoms with Gasteiger partial charge < -0.3 is 10.2 Å². The van der Waals surface area contributed by atoms with E-state index in [0.29, 0.717) is 24.9 Å². The molecule has 0 radical (unpaired) electrons. The quantitative estimate of drug-likeness (QED) is 0.476. The van der Waals surface area contributed by atoms with Gasteiger partial charge in [-0.15, -0.1) is 17.5 Å². The van der Waals surface area contributed by atoms with Crippen LogP contribution in [0.25, 0.3) is 21.9 Å². The third kappa shape index (κ3) is 4.17. The first-order valence-corrected chi connectivity index (χ1v) is 11.9. The molecule has 0 amide bonds. The SMILES string of the molecule is CC(C)n1nnc2ccc3cnc(Nc4ccc(N5CCS(=O)(=O)CC5)cn4)nc3c21.Cl. The molecular weight excluding hydrogens is 452 g/mol. The van der Waals surface area contributed by atoms with Gasteiger partial charge in [-0.1, -0.05) is 5.21 Å². The molecule has 4 aromatic rings. The molecule has 5 rings (SSSR count). The summed E-state index contributed by atoms with van der Waals surface area (Å²) in [5.74, 6) is 1.39. The van der Waals surface area contributed by atoms with E-state index in [1.165, 1.54) is 0 Å². The molecule has 0 bridgehead atoms. The normalized spacial score (nSPS) is 15.8. The maximum Gasteiger partial charge on any atom is 0.228 e. The number of rotatable bonds is 4. The minimum absolute atomic E-state index is 0. The summed E-state index contributed by atoms with van der Waals surface area (Å²) in [6.45, 7) is 5.07. The van der Waals surface area contributed by atoms with Gasteiger partial charge in [-0.25, -0.2) is 28.1 Å². The van der Waals surface area contributed by atoms with Crippen LogP contribution in [0, 0.1) is 0 Å². The molecule has 12 heteroatoms. The van der Waals surface area contributed by atoms with Crippen molar-refractivity contribution < 1.29 is 8.42 Å². The summed E-state index contributed by atoms with van der Waals surface area (Å²) in [7, 11) is -2.91. The molecule has 0 spiro atoms. The van der Waals surface area contributed by atoms with E-state index < -0.39 is 9.84 Å². The molecule has 1 aliphatic heterocycles. The first kappa shape index (κ1) is 22.2.